The van der Waals surface area contributed by atoms with Gasteiger partial charge in [0.25, 0.3) is 0 Å². The van der Waals surface area contributed by atoms with Gasteiger partial charge in [-0.15, -0.1) is 0 Å². The van der Waals surface area contributed by atoms with Crippen LogP contribution in [0.2, 0.25) is 0 Å². The summed E-state index contributed by atoms with van der Waals surface area (Å²) < 4.78 is 23.9. The van der Waals surface area contributed by atoms with E-state index in [1.54, 1.807) is 12.1 Å². The van der Waals surface area contributed by atoms with Crippen LogP contribution >= 0.6 is 0 Å². The van der Waals surface area contributed by atoms with Gasteiger partial charge in [-0.25, -0.2) is 9.18 Å². The molecule has 2 aromatic carbocycles. The molecule has 0 bridgehead atoms. The van der Waals surface area contributed by atoms with Crippen molar-refractivity contribution in [1.82, 2.24) is 10.6 Å². The van der Waals surface area contributed by atoms with Gasteiger partial charge in [0.1, 0.15) is 5.82 Å². The number of rotatable bonds is 7. The van der Waals surface area contributed by atoms with Crippen LogP contribution in [0, 0.1) is 5.82 Å². The number of ether oxygens (including phenoxy) is 2. The van der Waals surface area contributed by atoms with Crippen LogP contribution < -0.4 is 20.1 Å². The Kier molecular flexibility index (Phi) is 5.94. The molecule has 2 N–H and O–H groups in total. The van der Waals surface area contributed by atoms with Crippen molar-refractivity contribution in [2.24, 2.45) is 0 Å². The number of halogens is 1. The van der Waals surface area contributed by atoms with E-state index in [0.717, 1.165) is 29.0 Å². The minimum atomic E-state index is -0.269. The maximum absolute atomic E-state index is 13.1. The smallest absolute Gasteiger partial charge is 0.315 e. The molecule has 1 atom stereocenters. The van der Waals surface area contributed by atoms with Crippen molar-refractivity contribution in [3.05, 3.63) is 59.4 Å². The van der Waals surface area contributed by atoms with Crippen molar-refractivity contribution in [3.63, 3.8) is 0 Å². The van der Waals surface area contributed by atoms with Gasteiger partial charge in [-0.3, -0.25) is 0 Å². The summed E-state index contributed by atoms with van der Waals surface area (Å²) >= 11 is 0. The third kappa shape index (κ3) is 4.88. The molecule has 1 heterocycles. The fourth-order valence-electron chi connectivity index (χ4n) is 2.91. The van der Waals surface area contributed by atoms with Crippen molar-refractivity contribution >= 4 is 6.03 Å². The number of nitrogens with one attached hydrogen (secondary N) is 2. The zero-order chi connectivity index (χ0) is 18.4. The lowest BCUT2D eigenvalue weighted by Crippen LogP contribution is -2.44. The summed E-state index contributed by atoms with van der Waals surface area (Å²) in [5.41, 5.74) is 2.00. The van der Waals surface area contributed by atoms with Gasteiger partial charge in [0.15, 0.2) is 11.5 Å². The van der Waals surface area contributed by atoms with Gasteiger partial charge in [-0.1, -0.05) is 25.1 Å². The van der Waals surface area contributed by atoms with E-state index in [1.165, 1.54) is 12.1 Å². The predicted molar refractivity (Wildman–Crippen MR) is 97.0 cm³/mol. The number of hydrogen-bond donors (Lipinski definition) is 2. The number of fused-ring (bicyclic) bond motifs is 1. The van der Waals surface area contributed by atoms with Crippen LogP contribution in [0.25, 0.3) is 0 Å². The fourth-order valence-corrected chi connectivity index (χ4v) is 2.91. The van der Waals surface area contributed by atoms with Crippen molar-refractivity contribution in [2.75, 3.05) is 13.3 Å². The predicted octanol–water partition coefficient (Wildman–Crippen LogP) is 3.42. The molecule has 1 aliphatic rings. The first-order valence-corrected chi connectivity index (χ1v) is 8.81. The Morgan fingerprint density at radius 2 is 1.77 bits per heavy atom. The number of benzene rings is 2. The monoisotopic (exact) mass is 358 g/mol. The van der Waals surface area contributed by atoms with E-state index < -0.39 is 0 Å². The van der Waals surface area contributed by atoms with E-state index in [-0.39, 0.29) is 24.7 Å². The third-order valence-corrected chi connectivity index (χ3v) is 4.19. The van der Waals surface area contributed by atoms with Crippen LogP contribution in [0.1, 0.15) is 24.5 Å². The molecule has 6 heteroatoms. The minimum absolute atomic E-state index is 0.127. The zero-order valence-electron chi connectivity index (χ0n) is 14.8. The number of carbonyl (C=O) groups excluding carboxylic acids is 1. The van der Waals surface area contributed by atoms with E-state index in [4.69, 9.17) is 9.47 Å². The molecule has 26 heavy (non-hydrogen) atoms. The van der Waals surface area contributed by atoms with Gasteiger partial charge in [0.2, 0.25) is 6.79 Å². The molecular weight excluding hydrogens is 335 g/mol. The van der Waals surface area contributed by atoms with Crippen LogP contribution in [-0.2, 0) is 12.8 Å². The second-order valence-electron chi connectivity index (χ2n) is 6.32. The fraction of sp³-hybridized carbons (Fsp3) is 0.350. The standard InChI is InChI=1S/C20H23FN2O3/c1-2-9-22-20(24)23-17(10-14-3-6-16(21)7-4-14)11-15-5-8-18-19(12-15)26-13-25-18/h3-8,12,17H,2,9-11,13H2,1H3,(H2,22,23,24)/t17-/m1/s1. The number of amides is 2. The van der Waals surface area contributed by atoms with Crippen LogP contribution in [0.4, 0.5) is 9.18 Å². The molecule has 5 nitrogen and oxygen atoms in total. The quantitative estimate of drug-likeness (QED) is 0.797. The molecule has 0 aliphatic carbocycles. The SMILES string of the molecule is CCCNC(=O)N[C@H](Cc1ccc(F)cc1)Cc1ccc2c(c1)OCO2. The van der Waals surface area contributed by atoms with Gasteiger partial charge in [-0.2, -0.15) is 0 Å². The first-order valence-electron chi connectivity index (χ1n) is 8.81. The Morgan fingerprint density at radius 3 is 2.54 bits per heavy atom. The highest BCUT2D eigenvalue weighted by Gasteiger charge is 2.17. The largest absolute Gasteiger partial charge is 0.454 e. The van der Waals surface area contributed by atoms with E-state index in [1.807, 2.05) is 25.1 Å². The van der Waals surface area contributed by atoms with E-state index in [9.17, 15) is 9.18 Å². The molecule has 0 fully saturated rings. The number of carbonyl (C=O) groups is 1. The molecule has 0 unspecified atom stereocenters. The molecule has 0 saturated carbocycles. The summed E-state index contributed by atoms with van der Waals surface area (Å²) in [4.78, 5) is 12.1. The van der Waals surface area contributed by atoms with Crippen LogP contribution in [0.15, 0.2) is 42.5 Å². The minimum Gasteiger partial charge on any atom is -0.454 e. The van der Waals surface area contributed by atoms with Gasteiger partial charge < -0.3 is 20.1 Å². The van der Waals surface area contributed by atoms with Crippen LogP contribution in [0.5, 0.6) is 11.5 Å². The van der Waals surface area contributed by atoms with Gasteiger partial charge >= 0.3 is 6.03 Å². The molecule has 0 saturated heterocycles. The summed E-state index contributed by atoms with van der Waals surface area (Å²) in [7, 11) is 0. The number of hydrogen-bond acceptors (Lipinski definition) is 3. The van der Waals surface area contributed by atoms with Crippen molar-refractivity contribution < 1.29 is 18.7 Å². The van der Waals surface area contributed by atoms with E-state index >= 15 is 0 Å². The van der Waals surface area contributed by atoms with Gasteiger partial charge in [0, 0.05) is 12.6 Å². The van der Waals surface area contributed by atoms with Crippen LogP contribution in [-0.4, -0.2) is 25.4 Å². The Morgan fingerprint density at radius 1 is 1.08 bits per heavy atom. The van der Waals surface area contributed by atoms with Gasteiger partial charge in [0.05, 0.1) is 0 Å². The average Bonchev–Trinajstić information content (AvgIpc) is 3.09. The highest BCUT2D eigenvalue weighted by Crippen LogP contribution is 2.32. The molecule has 2 amide bonds. The average molecular weight is 358 g/mol. The Hall–Kier alpha value is -2.76. The van der Waals surface area contributed by atoms with Crippen molar-refractivity contribution in [2.45, 2.75) is 32.2 Å². The Balaban J connectivity index is 1.71. The van der Waals surface area contributed by atoms with E-state index in [2.05, 4.69) is 10.6 Å². The topological polar surface area (TPSA) is 59.6 Å². The normalized spacial score (nSPS) is 13.3. The second-order valence-corrected chi connectivity index (χ2v) is 6.32. The molecule has 0 radical (unpaired) electrons. The molecular formula is C20H23FN2O3. The molecule has 1 aliphatic heterocycles. The van der Waals surface area contributed by atoms with E-state index in [0.29, 0.717) is 19.4 Å². The zero-order valence-corrected chi connectivity index (χ0v) is 14.8. The Bertz CT molecular complexity index is 749. The first kappa shape index (κ1) is 18.0. The lowest BCUT2D eigenvalue weighted by molar-refractivity contribution is 0.174. The summed E-state index contributed by atoms with van der Waals surface area (Å²) in [6, 6.07) is 11.8. The first-order chi connectivity index (χ1) is 12.6. The Labute approximate surface area is 152 Å². The molecule has 3 rings (SSSR count). The van der Waals surface area contributed by atoms with Crippen LogP contribution in [0.3, 0.4) is 0 Å². The maximum atomic E-state index is 13.1. The molecule has 2 aromatic rings. The second kappa shape index (κ2) is 8.56. The lowest BCUT2D eigenvalue weighted by atomic mass is 9.98. The number of urea groups is 1. The lowest BCUT2D eigenvalue weighted by Gasteiger charge is -2.20. The highest BCUT2D eigenvalue weighted by atomic mass is 19.1. The highest BCUT2D eigenvalue weighted by molar-refractivity contribution is 5.74. The summed E-state index contributed by atoms with van der Waals surface area (Å²) in [5.74, 6) is 1.19. The van der Waals surface area contributed by atoms with Crippen molar-refractivity contribution in [3.8, 4) is 11.5 Å². The maximum Gasteiger partial charge on any atom is 0.315 e. The molecule has 0 spiro atoms. The third-order valence-electron chi connectivity index (χ3n) is 4.19. The summed E-state index contributed by atoms with van der Waals surface area (Å²) in [5, 5.41) is 5.85. The molecule has 138 valence electrons. The van der Waals surface area contributed by atoms with Gasteiger partial charge in [-0.05, 0) is 54.7 Å². The van der Waals surface area contributed by atoms with Crippen molar-refractivity contribution in [1.29, 1.82) is 0 Å². The molecule has 0 aromatic heterocycles. The summed E-state index contributed by atoms with van der Waals surface area (Å²) in [6.45, 7) is 2.86. The summed E-state index contributed by atoms with van der Waals surface area (Å²) in [6.07, 6.45) is 2.11.